The van der Waals surface area contributed by atoms with Crippen LogP contribution in [0.3, 0.4) is 0 Å². The van der Waals surface area contributed by atoms with E-state index in [1.54, 1.807) is 0 Å². The fraction of sp³-hybridized carbons (Fsp3) is 0.611. The maximum atomic E-state index is 10.0. The average molecular weight is 287 g/mol. The zero-order valence-corrected chi connectivity index (χ0v) is 13.1. The van der Waals surface area contributed by atoms with Gasteiger partial charge in [0.1, 0.15) is 5.75 Å². The highest BCUT2D eigenvalue weighted by Gasteiger charge is 2.18. The second-order valence-electron chi connectivity index (χ2n) is 6.57. The van der Waals surface area contributed by atoms with Gasteiger partial charge < -0.3 is 9.84 Å². The second kappa shape index (κ2) is 6.95. The number of hydrogen-bond acceptors (Lipinski definition) is 3. The average Bonchev–Trinajstić information content (AvgIpc) is 2.47. The largest absolute Gasteiger partial charge is 0.494 e. The Bertz CT molecular complexity index is 516. The number of nitriles is 1. The molecule has 1 aliphatic carbocycles. The lowest BCUT2D eigenvalue weighted by molar-refractivity contribution is 0.156. The van der Waals surface area contributed by atoms with Gasteiger partial charge in [0, 0.05) is 0 Å². The Kier molecular flexibility index (Phi) is 5.25. The van der Waals surface area contributed by atoms with Crippen molar-refractivity contribution in [3.8, 4) is 11.8 Å². The minimum Gasteiger partial charge on any atom is -0.494 e. The number of nitrogens with zero attached hydrogens (tertiary/aromatic N) is 1. The van der Waals surface area contributed by atoms with Crippen LogP contribution in [0.15, 0.2) is 18.2 Å². The van der Waals surface area contributed by atoms with Crippen LogP contribution in [0.4, 0.5) is 0 Å². The van der Waals surface area contributed by atoms with Gasteiger partial charge in [-0.1, -0.05) is 6.07 Å². The van der Waals surface area contributed by atoms with Crippen LogP contribution in [-0.4, -0.2) is 11.7 Å². The molecular formula is C18H25NO2. The molecule has 3 heteroatoms. The molecule has 0 unspecified atom stereocenters. The summed E-state index contributed by atoms with van der Waals surface area (Å²) < 4.78 is 5.77. The Morgan fingerprint density at radius 1 is 1.38 bits per heavy atom. The normalized spacial score (nSPS) is 17.9. The molecule has 0 bridgehead atoms. The van der Waals surface area contributed by atoms with E-state index in [0.29, 0.717) is 6.61 Å². The van der Waals surface area contributed by atoms with E-state index in [4.69, 9.17) is 10.00 Å². The Morgan fingerprint density at radius 2 is 2.19 bits per heavy atom. The van der Waals surface area contributed by atoms with Crippen molar-refractivity contribution in [2.24, 2.45) is 5.41 Å². The molecule has 0 aromatic heterocycles. The van der Waals surface area contributed by atoms with Gasteiger partial charge in [-0.15, -0.1) is 0 Å². The molecule has 0 fully saturated rings. The lowest BCUT2D eigenvalue weighted by Gasteiger charge is -2.22. The van der Waals surface area contributed by atoms with Crippen LogP contribution < -0.4 is 4.74 Å². The van der Waals surface area contributed by atoms with Crippen LogP contribution in [0, 0.1) is 16.7 Å². The zero-order chi connectivity index (χ0) is 15.3. The van der Waals surface area contributed by atoms with E-state index < -0.39 is 0 Å². The topological polar surface area (TPSA) is 53.2 Å². The molecule has 0 spiro atoms. The number of benzene rings is 1. The van der Waals surface area contributed by atoms with Crippen LogP contribution >= 0.6 is 0 Å². The lowest BCUT2D eigenvalue weighted by Crippen LogP contribution is -2.10. The van der Waals surface area contributed by atoms with Gasteiger partial charge in [-0.2, -0.15) is 5.26 Å². The molecular weight excluding hydrogens is 262 g/mol. The summed E-state index contributed by atoms with van der Waals surface area (Å²) in [6.45, 7) is 4.61. The smallest absolute Gasteiger partial charge is 0.119 e. The number of aliphatic hydroxyl groups excluding tert-OH is 1. The van der Waals surface area contributed by atoms with E-state index in [0.717, 1.165) is 49.8 Å². The van der Waals surface area contributed by atoms with E-state index in [2.05, 4.69) is 12.1 Å². The van der Waals surface area contributed by atoms with Gasteiger partial charge in [0.15, 0.2) is 0 Å². The maximum Gasteiger partial charge on any atom is 0.119 e. The summed E-state index contributed by atoms with van der Waals surface area (Å²) >= 11 is 0. The molecule has 21 heavy (non-hydrogen) atoms. The Morgan fingerprint density at radius 3 is 2.95 bits per heavy atom. The number of fused-ring (bicyclic) bond motifs is 1. The number of hydrogen-bond donors (Lipinski definition) is 1. The van der Waals surface area contributed by atoms with Crippen molar-refractivity contribution < 1.29 is 9.84 Å². The molecule has 3 nitrogen and oxygen atoms in total. The summed E-state index contributed by atoms with van der Waals surface area (Å²) in [7, 11) is 0. The molecule has 0 aliphatic heterocycles. The molecule has 0 radical (unpaired) electrons. The van der Waals surface area contributed by atoms with Gasteiger partial charge in [0.25, 0.3) is 0 Å². The van der Waals surface area contributed by atoms with Crippen molar-refractivity contribution >= 4 is 0 Å². The third-order valence-corrected chi connectivity index (χ3v) is 4.17. The molecule has 114 valence electrons. The third-order valence-electron chi connectivity index (χ3n) is 4.17. The first kappa shape index (κ1) is 15.9. The van der Waals surface area contributed by atoms with Gasteiger partial charge in [0.2, 0.25) is 0 Å². The fourth-order valence-electron chi connectivity index (χ4n) is 2.76. The van der Waals surface area contributed by atoms with E-state index in [1.807, 2.05) is 26.0 Å². The van der Waals surface area contributed by atoms with Crippen molar-refractivity contribution in [1.29, 1.82) is 5.26 Å². The van der Waals surface area contributed by atoms with Gasteiger partial charge in [0.05, 0.1) is 24.2 Å². The summed E-state index contributed by atoms with van der Waals surface area (Å²) in [5, 5.41) is 19.0. The predicted molar refractivity (Wildman–Crippen MR) is 83.1 cm³/mol. The van der Waals surface area contributed by atoms with Gasteiger partial charge >= 0.3 is 0 Å². The Labute approximate surface area is 127 Å². The first-order valence-corrected chi connectivity index (χ1v) is 7.87. The van der Waals surface area contributed by atoms with Crippen molar-refractivity contribution in [1.82, 2.24) is 0 Å². The molecule has 0 heterocycles. The standard InChI is InChI=1S/C18H25NO2/c1-18(2,13-19)10-3-4-11-21-15-9-8-14-6-5-7-17(20)16(14)12-15/h8-9,12,17,20H,3-7,10-11H2,1-2H3/t17-/m1/s1. The first-order valence-electron chi connectivity index (χ1n) is 7.87. The van der Waals surface area contributed by atoms with Crippen LogP contribution in [0.2, 0.25) is 0 Å². The summed E-state index contributed by atoms with van der Waals surface area (Å²) in [4.78, 5) is 0. The Hall–Kier alpha value is -1.53. The molecule has 0 amide bonds. The molecule has 1 N–H and O–H groups in total. The van der Waals surface area contributed by atoms with Crippen LogP contribution in [0.1, 0.15) is 63.2 Å². The number of rotatable bonds is 6. The van der Waals surface area contributed by atoms with Crippen LogP contribution in [0.5, 0.6) is 5.75 Å². The number of ether oxygens (including phenoxy) is 1. The first-order chi connectivity index (χ1) is 10.0. The van der Waals surface area contributed by atoms with Crippen molar-refractivity contribution in [2.75, 3.05) is 6.61 Å². The second-order valence-corrected chi connectivity index (χ2v) is 6.57. The number of unbranched alkanes of at least 4 members (excludes halogenated alkanes) is 1. The van der Waals surface area contributed by atoms with Gasteiger partial charge in [-0.25, -0.2) is 0 Å². The summed E-state index contributed by atoms with van der Waals surface area (Å²) in [6.07, 6.45) is 5.46. The van der Waals surface area contributed by atoms with Crippen molar-refractivity contribution in [3.63, 3.8) is 0 Å². The molecule has 1 aromatic rings. The lowest BCUT2D eigenvalue weighted by atomic mass is 9.89. The highest BCUT2D eigenvalue weighted by Crippen LogP contribution is 2.32. The maximum absolute atomic E-state index is 10.0. The van der Waals surface area contributed by atoms with Gasteiger partial charge in [-0.3, -0.25) is 0 Å². The molecule has 2 rings (SSSR count). The van der Waals surface area contributed by atoms with Crippen LogP contribution in [0.25, 0.3) is 0 Å². The monoisotopic (exact) mass is 287 g/mol. The van der Waals surface area contributed by atoms with E-state index >= 15 is 0 Å². The highest BCUT2D eigenvalue weighted by atomic mass is 16.5. The minimum absolute atomic E-state index is 0.240. The fourth-order valence-corrected chi connectivity index (χ4v) is 2.76. The molecule has 1 aliphatic rings. The predicted octanol–water partition coefficient (Wildman–Crippen LogP) is 4.16. The number of aryl methyl sites for hydroxylation is 1. The minimum atomic E-state index is -0.339. The quantitative estimate of drug-likeness (QED) is 0.799. The van der Waals surface area contributed by atoms with E-state index in [1.165, 1.54) is 5.56 Å². The van der Waals surface area contributed by atoms with Crippen LogP contribution in [-0.2, 0) is 6.42 Å². The SMILES string of the molecule is CC(C)(C#N)CCCCOc1ccc2c(c1)[C@H](O)CCC2. The van der Waals surface area contributed by atoms with Crippen molar-refractivity contribution in [3.05, 3.63) is 29.3 Å². The molecule has 0 saturated carbocycles. The number of aliphatic hydroxyl groups is 1. The molecule has 1 aromatic carbocycles. The summed E-state index contributed by atoms with van der Waals surface area (Å²) in [6, 6.07) is 8.38. The molecule has 1 atom stereocenters. The summed E-state index contributed by atoms with van der Waals surface area (Å²) in [5.41, 5.74) is 2.04. The van der Waals surface area contributed by atoms with Gasteiger partial charge in [-0.05, 0) is 75.6 Å². The van der Waals surface area contributed by atoms with Crippen molar-refractivity contribution in [2.45, 2.75) is 58.5 Å². The Balaban J connectivity index is 1.79. The van der Waals surface area contributed by atoms with E-state index in [9.17, 15) is 5.11 Å². The van der Waals surface area contributed by atoms with E-state index in [-0.39, 0.29) is 11.5 Å². The zero-order valence-electron chi connectivity index (χ0n) is 13.1. The highest BCUT2D eigenvalue weighted by molar-refractivity contribution is 5.38. The molecule has 0 saturated heterocycles. The summed E-state index contributed by atoms with van der Waals surface area (Å²) in [5.74, 6) is 0.842. The third kappa shape index (κ3) is 4.47.